The van der Waals surface area contributed by atoms with Gasteiger partial charge in [0.05, 0.1) is 6.10 Å². The van der Waals surface area contributed by atoms with Crippen LogP contribution in [0, 0.1) is 11.8 Å². The van der Waals surface area contributed by atoms with Gasteiger partial charge in [0.25, 0.3) is 0 Å². The lowest BCUT2D eigenvalue weighted by atomic mass is 9.88. The van der Waals surface area contributed by atoms with Crippen molar-refractivity contribution < 1.29 is 9.53 Å². The zero-order valence-electron chi connectivity index (χ0n) is 12.9. The number of carbonyl (C=O) groups is 1. The summed E-state index contributed by atoms with van der Waals surface area (Å²) < 4.78 is 5.59. The maximum atomic E-state index is 12.0. The molecule has 2 N–H and O–H groups in total. The van der Waals surface area contributed by atoms with Gasteiger partial charge in [-0.25, -0.2) is 0 Å². The monoisotopic (exact) mass is 312 g/mol. The van der Waals surface area contributed by atoms with Crippen molar-refractivity contribution >= 4 is 18.3 Å². The predicted octanol–water partition coefficient (Wildman–Crippen LogP) is 2.37. The average Bonchev–Trinajstić information content (AvgIpc) is 2.34. The van der Waals surface area contributed by atoms with Crippen molar-refractivity contribution in [2.75, 3.05) is 13.1 Å². The van der Waals surface area contributed by atoms with E-state index in [0.717, 1.165) is 24.4 Å². The van der Waals surface area contributed by atoms with Gasteiger partial charge in [0.1, 0.15) is 5.75 Å². The summed E-state index contributed by atoms with van der Waals surface area (Å²) >= 11 is 0. The summed E-state index contributed by atoms with van der Waals surface area (Å²) in [5.41, 5.74) is 1.09. The van der Waals surface area contributed by atoms with Gasteiger partial charge in [0.15, 0.2) is 0 Å². The second-order valence-corrected chi connectivity index (χ2v) is 5.74. The Balaban J connectivity index is 0.00000220. The lowest BCUT2D eigenvalue weighted by Gasteiger charge is -2.31. The van der Waals surface area contributed by atoms with Crippen LogP contribution in [0.15, 0.2) is 24.3 Å². The number of benzene rings is 1. The number of halogens is 1. The molecular weight excluding hydrogens is 288 g/mol. The number of ether oxygens (including phenoxy) is 1. The van der Waals surface area contributed by atoms with Crippen LogP contribution in [0.1, 0.15) is 26.3 Å². The summed E-state index contributed by atoms with van der Waals surface area (Å²) in [5, 5.41) is 6.20. The van der Waals surface area contributed by atoms with E-state index in [2.05, 4.69) is 10.6 Å². The van der Waals surface area contributed by atoms with E-state index >= 15 is 0 Å². The van der Waals surface area contributed by atoms with Crippen LogP contribution in [0.5, 0.6) is 5.75 Å². The highest BCUT2D eigenvalue weighted by Crippen LogP contribution is 2.17. The number of rotatable bonds is 6. The Bertz CT molecular complexity index is 444. The quantitative estimate of drug-likeness (QED) is 0.848. The van der Waals surface area contributed by atoms with Crippen LogP contribution in [-0.4, -0.2) is 25.1 Å². The van der Waals surface area contributed by atoms with E-state index < -0.39 is 0 Å². The van der Waals surface area contributed by atoms with E-state index in [0.29, 0.717) is 12.5 Å². The molecule has 1 aromatic carbocycles. The van der Waals surface area contributed by atoms with E-state index in [9.17, 15) is 4.79 Å². The molecule has 1 saturated heterocycles. The summed E-state index contributed by atoms with van der Waals surface area (Å²) in [4.78, 5) is 12.0. The Morgan fingerprint density at radius 3 is 2.38 bits per heavy atom. The predicted molar refractivity (Wildman–Crippen MR) is 86.8 cm³/mol. The lowest BCUT2D eigenvalue weighted by Crippen LogP contribution is -2.49. The van der Waals surface area contributed by atoms with Crippen molar-refractivity contribution in [1.29, 1.82) is 0 Å². The Labute approximate surface area is 133 Å². The fourth-order valence-electron chi connectivity index (χ4n) is 2.19. The van der Waals surface area contributed by atoms with Gasteiger partial charge in [-0.15, -0.1) is 12.4 Å². The van der Waals surface area contributed by atoms with Crippen LogP contribution >= 0.6 is 12.4 Å². The largest absolute Gasteiger partial charge is 0.491 e. The van der Waals surface area contributed by atoms with Gasteiger partial charge in [-0.2, -0.15) is 0 Å². The molecule has 1 atom stereocenters. The molecule has 1 fully saturated rings. The Morgan fingerprint density at radius 1 is 1.29 bits per heavy atom. The Hall–Kier alpha value is -1.26. The van der Waals surface area contributed by atoms with Crippen LogP contribution in [0.3, 0.4) is 0 Å². The number of nitrogens with one attached hydrogen (secondary N) is 2. The fraction of sp³-hybridized carbons (Fsp3) is 0.562. The standard InChI is InChI=1S/C16H24N2O2.ClH/c1-11(2)20-15-6-4-13(5-7-15)8-18-16(19)12(3)14-9-17-10-14;/h4-7,11-12,14,17H,8-10H2,1-3H3,(H,18,19);1H. The number of amides is 1. The SMILES string of the molecule is CC(C)Oc1ccc(CNC(=O)C(C)C2CNC2)cc1.Cl. The molecule has 4 nitrogen and oxygen atoms in total. The van der Waals surface area contributed by atoms with Gasteiger partial charge in [-0.05, 0) is 50.6 Å². The minimum Gasteiger partial charge on any atom is -0.491 e. The van der Waals surface area contributed by atoms with Gasteiger partial charge >= 0.3 is 0 Å². The third kappa shape index (κ3) is 5.21. The van der Waals surface area contributed by atoms with Crippen LogP contribution in [-0.2, 0) is 11.3 Å². The highest BCUT2D eigenvalue weighted by molar-refractivity contribution is 5.85. The molecule has 0 aromatic heterocycles. The molecule has 1 heterocycles. The van der Waals surface area contributed by atoms with Gasteiger partial charge < -0.3 is 15.4 Å². The molecule has 2 rings (SSSR count). The van der Waals surface area contributed by atoms with Crippen LogP contribution in [0.25, 0.3) is 0 Å². The van der Waals surface area contributed by atoms with Gasteiger partial charge in [0, 0.05) is 12.5 Å². The lowest BCUT2D eigenvalue weighted by molar-refractivity contribution is -0.126. The van der Waals surface area contributed by atoms with E-state index in [1.54, 1.807) is 0 Å². The maximum absolute atomic E-state index is 12.0. The van der Waals surface area contributed by atoms with Crippen molar-refractivity contribution in [1.82, 2.24) is 10.6 Å². The second kappa shape index (κ2) is 8.25. The highest BCUT2D eigenvalue weighted by atomic mass is 35.5. The number of carbonyl (C=O) groups excluding carboxylic acids is 1. The minimum absolute atomic E-state index is 0. The zero-order chi connectivity index (χ0) is 14.5. The van der Waals surface area contributed by atoms with Crippen LogP contribution in [0.4, 0.5) is 0 Å². The van der Waals surface area contributed by atoms with Gasteiger partial charge in [-0.3, -0.25) is 4.79 Å². The third-order valence-corrected chi connectivity index (χ3v) is 3.70. The molecule has 1 aliphatic heterocycles. The summed E-state index contributed by atoms with van der Waals surface area (Å²) in [6, 6.07) is 7.88. The Kier molecular flexibility index (Phi) is 6.99. The molecule has 118 valence electrons. The molecule has 1 aliphatic rings. The molecule has 0 saturated carbocycles. The summed E-state index contributed by atoms with van der Waals surface area (Å²) in [6.07, 6.45) is 0.178. The summed E-state index contributed by atoms with van der Waals surface area (Å²) in [6.45, 7) is 8.49. The van der Waals surface area contributed by atoms with Crippen molar-refractivity contribution in [3.8, 4) is 5.75 Å². The van der Waals surface area contributed by atoms with Crippen molar-refractivity contribution in [3.05, 3.63) is 29.8 Å². The molecule has 0 bridgehead atoms. The molecule has 21 heavy (non-hydrogen) atoms. The van der Waals surface area contributed by atoms with Crippen molar-refractivity contribution in [2.45, 2.75) is 33.4 Å². The molecule has 1 unspecified atom stereocenters. The first-order valence-electron chi connectivity index (χ1n) is 7.30. The Morgan fingerprint density at radius 2 is 1.90 bits per heavy atom. The minimum atomic E-state index is 0. The van der Waals surface area contributed by atoms with Gasteiger partial charge in [0.2, 0.25) is 5.91 Å². The first kappa shape index (κ1) is 17.8. The first-order chi connectivity index (χ1) is 9.56. The number of hydrogen-bond donors (Lipinski definition) is 2. The second-order valence-electron chi connectivity index (χ2n) is 5.74. The van der Waals surface area contributed by atoms with E-state index in [1.165, 1.54) is 0 Å². The summed E-state index contributed by atoms with van der Waals surface area (Å²) in [5.74, 6) is 1.57. The van der Waals surface area contributed by atoms with Crippen molar-refractivity contribution in [3.63, 3.8) is 0 Å². The molecule has 0 spiro atoms. The fourth-order valence-corrected chi connectivity index (χ4v) is 2.19. The molecule has 1 aromatic rings. The van der Waals surface area contributed by atoms with E-state index in [1.807, 2.05) is 45.0 Å². The highest BCUT2D eigenvalue weighted by Gasteiger charge is 2.28. The van der Waals surface area contributed by atoms with E-state index in [4.69, 9.17) is 4.74 Å². The van der Waals surface area contributed by atoms with Crippen molar-refractivity contribution in [2.24, 2.45) is 11.8 Å². The smallest absolute Gasteiger partial charge is 0.223 e. The summed E-state index contributed by atoms with van der Waals surface area (Å²) in [7, 11) is 0. The molecule has 0 radical (unpaired) electrons. The third-order valence-electron chi connectivity index (χ3n) is 3.70. The van der Waals surface area contributed by atoms with Crippen LogP contribution < -0.4 is 15.4 Å². The average molecular weight is 313 g/mol. The first-order valence-corrected chi connectivity index (χ1v) is 7.30. The normalized spacial score (nSPS) is 15.8. The molecule has 0 aliphatic carbocycles. The zero-order valence-corrected chi connectivity index (χ0v) is 13.7. The molecule has 5 heteroatoms. The van der Waals surface area contributed by atoms with Crippen LogP contribution in [0.2, 0.25) is 0 Å². The topological polar surface area (TPSA) is 50.4 Å². The number of hydrogen-bond acceptors (Lipinski definition) is 3. The maximum Gasteiger partial charge on any atom is 0.223 e. The van der Waals surface area contributed by atoms with E-state index in [-0.39, 0.29) is 30.3 Å². The molecule has 1 amide bonds. The molecular formula is C16H25ClN2O2. The van der Waals surface area contributed by atoms with Gasteiger partial charge in [-0.1, -0.05) is 19.1 Å².